The van der Waals surface area contributed by atoms with Crippen molar-refractivity contribution >= 4 is 40.2 Å². The fourth-order valence-electron chi connectivity index (χ4n) is 4.21. The molecule has 0 saturated carbocycles. The fraction of sp³-hybridized carbons (Fsp3) is 0.280. The molecule has 0 aliphatic rings. The molecule has 150 valence electrons. The van der Waals surface area contributed by atoms with Crippen molar-refractivity contribution in [1.29, 1.82) is 0 Å². The third-order valence-electron chi connectivity index (χ3n) is 5.72. The predicted octanol–water partition coefficient (Wildman–Crippen LogP) is 5.02. The first-order valence-electron chi connectivity index (χ1n) is 10.2. The van der Waals surface area contributed by atoms with Crippen molar-refractivity contribution < 1.29 is 0 Å². The molecule has 3 heteroatoms. The summed E-state index contributed by atoms with van der Waals surface area (Å²) in [5.74, 6) is 0. The third kappa shape index (κ3) is 5.11. The number of nitrogens with zero attached hydrogens (tertiary/aromatic N) is 1. The van der Waals surface area contributed by atoms with Crippen molar-refractivity contribution in [2.45, 2.75) is 20.3 Å². The molecule has 3 aromatic carbocycles. The molecule has 0 aliphatic carbocycles. The minimum atomic E-state index is -2.04. The van der Waals surface area contributed by atoms with Crippen LogP contribution < -0.4 is 15.9 Å². The van der Waals surface area contributed by atoms with Crippen molar-refractivity contribution in [3.05, 3.63) is 91.0 Å². The predicted molar refractivity (Wildman–Crippen MR) is 134 cm³/mol. The van der Waals surface area contributed by atoms with Gasteiger partial charge in [0.05, 0.1) is 0 Å². The summed E-state index contributed by atoms with van der Waals surface area (Å²) < 4.78 is 0. The van der Waals surface area contributed by atoms with Gasteiger partial charge in [-0.2, -0.15) is 0 Å². The van der Waals surface area contributed by atoms with Gasteiger partial charge in [0.1, 0.15) is 0 Å². The maximum absolute atomic E-state index is 2.54. The average Bonchev–Trinajstić information content (AvgIpc) is 2.76. The van der Waals surface area contributed by atoms with E-state index in [0.717, 1.165) is 13.1 Å². The third-order valence-corrected chi connectivity index (χ3v) is 10.8. The molecular formula is C25H33BrNP. The van der Waals surface area contributed by atoms with Gasteiger partial charge in [-0.15, -0.1) is 17.0 Å². The molecule has 0 spiro atoms. The molecule has 0 unspecified atom stereocenters. The van der Waals surface area contributed by atoms with Crippen molar-refractivity contribution in [2.24, 2.45) is 0 Å². The van der Waals surface area contributed by atoms with Crippen LogP contribution in [0.25, 0.3) is 0 Å². The Morgan fingerprint density at radius 3 is 1.29 bits per heavy atom. The molecule has 3 aromatic rings. The van der Waals surface area contributed by atoms with Gasteiger partial charge in [0.15, 0.2) is 0 Å². The Hall–Kier alpha value is -1.47. The molecule has 1 nitrogen and oxygen atoms in total. The molecule has 0 aromatic heterocycles. The first kappa shape index (κ1) is 22.8. The minimum absolute atomic E-state index is 0. The Balaban J connectivity index is 0.00000280. The van der Waals surface area contributed by atoms with Gasteiger partial charge >= 0.3 is 165 Å². The summed E-state index contributed by atoms with van der Waals surface area (Å²) in [5.41, 5.74) is 0. The number of halogens is 1. The zero-order valence-corrected chi connectivity index (χ0v) is 19.8. The maximum atomic E-state index is 2.54. The Morgan fingerprint density at radius 2 is 0.964 bits per heavy atom. The van der Waals surface area contributed by atoms with Crippen LogP contribution in [0.3, 0.4) is 0 Å². The van der Waals surface area contributed by atoms with Crippen LogP contribution in [0.4, 0.5) is 0 Å². The van der Waals surface area contributed by atoms with Crippen molar-refractivity contribution in [3.8, 4) is 0 Å². The van der Waals surface area contributed by atoms with E-state index in [0.29, 0.717) is 0 Å². The van der Waals surface area contributed by atoms with Gasteiger partial charge < -0.3 is 0 Å². The van der Waals surface area contributed by atoms with E-state index in [4.69, 9.17) is 0 Å². The monoisotopic (exact) mass is 457 g/mol. The molecule has 0 heterocycles. The summed E-state index contributed by atoms with van der Waals surface area (Å²) in [6, 6.07) is 33.7. The second-order valence-electron chi connectivity index (χ2n) is 7.13. The molecule has 0 radical (unpaired) electrons. The molecule has 0 fully saturated rings. The fourth-order valence-corrected chi connectivity index (χ4v) is 9.05. The summed E-state index contributed by atoms with van der Waals surface area (Å²) in [5, 5.41) is 4.55. The van der Waals surface area contributed by atoms with Crippen LogP contribution in [-0.2, 0) is 0 Å². The second kappa shape index (κ2) is 11.5. The van der Waals surface area contributed by atoms with Crippen LogP contribution in [0.2, 0.25) is 0 Å². The van der Waals surface area contributed by atoms with Crippen molar-refractivity contribution in [2.75, 3.05) is 25.8 Å². The Kier molecular flexibility index (Phi) is 9.38. The number of hydrogen-bond donors (Lipinski definition) is 0. The van der Waals surface area contributed by atoms with E-state index in [2.05, 4.69) is 110 Å². The van der Waals surface area contributed by atoms with E-state index < -0.39 is 7.26 Å². The van der Waals surface area contributed by atoms with Crippen LogP contribution in [0.1, 0.15) is 20.3 Å². The second-order valence-corrected chi connectivity index (χ2v) is 11.2. The summed E-state index contributed by atoms with van der Waals surface area (Å²) in [4.78, 5) is 2.54. The van der Waals surface area contributed by atoms with E-state index in [1.807, 2.05) is 0 Å². The van der Waals surface area contributed by atoms with E-state index in [1.54, 1.807) is 0 Å². The molecule has 0 atom stereocenters. The van der Waals surface area contributed by atoms with Gasteiger partial charge in [-0.1, -0.05) is 0 Å². The first-order chi connectivity index (χ1) is 13.3. The zero-order valence-electron chi connectivity index (χ0n) is 17.1. The van der Waals surface area contributed by atoms with Crippen molar-refractivity contribution in [3.63, 3.8) is 0 Å². The molecule has 28 heavy (non-hydrogen) atoms. The summed E-state index contributed by atoms with van der Waals surface area (Å²) in [7, 11) is -2.04. The number of rotatable bonds is 9. The molecule has 0 bridgehead atoms. The van der Waals surface area contributed by atoms with Crippen LogP contribution in [0.15, 0.2) is 91.0 Å². The standard InChI is InChI=1S/C25H32NP.BrH/c1-3-26(4-2)21-14-22-27(23-15-8-5-9-16-23,24-17-10-6-11-18-24)25-19-12-7-13-20-25;/h5-13,15-20,27H,3-4,14,21-22H2,1-2H3;1H. The Labute approximate surface area is 181 Å². The SMILES string of the molecule is Br.CCN(CC)CCC[PH](c1ccccc1)(c1ccccc1)c1ccccc1. The van der Waals surface area contributed by atoms with E-state index >= 15 is 0 Å². The van der Waals surface area contributed by atoms with Gasteiger partial charge in [-0.05, 0) is 0 Å². The van der Waals surface area contributed by atoms with Crippen LogP contribution in [-0.4, -0.2) is 30.7 Å². The van der Waals surface area contributed by atoms with Gasteiger partial charge in [0, 0.05) is 0 Å². The van der Waals surface area contributed by atoms with Crippen molar-refractivity contribution in [1.82, 2.24) is 4.90 Å². The normalized spacial score (nSPS) is 11.8. The molecule has 0 saturated heterocycles. The van der Waals surface area contributed by atoms with Crippen LogP contribution in [0, 0.1) is 0 Å². The van der Waals surface area contributed by atoms with Gasteiger partial charge in [0.25, 0.3) is 0 Å². The first-order valence-corrected chi connectivity index (χ1v) is 12.4. The topological polar surface area (TPSA) is 3.24 Å². The average molecular weight is 458 g/mol. The van der Waals surface area contributed by atoms with E-state index in [1.165, 1.54) is 35.0 Å². The van der Waals surface area contributed by atoms with Gasteiger partial charge in [0.2, 0.25) is 0 Å². The Bertz CT molecular complexity index is 692. The van der Waals surface area contributed by atoms with E-state index in [-0.39, 0.29) is 17.0 Å². The summed E-state index contributed by atoms with van der Waals surface area (Å²) in [6.07, 6.45) is 2.47. The van der Waals surface area contributed by atoms with Crippen LogP contribution >= 0.6 is 24.2 Å². The zero-order chi connectivity index (χ0) is 19.0. The van der Waals surface area contributed by atoms with Gasteiger partial charge in [-0.25, -0.2) is 0 Å². The van der Waals surface area contributed by atoms with E-state index in [9.17, 15) is 0 Å². The summed E-state index contributed by atoms with van der Waals surface area (Å²) in [6.45, 7) is 7.97. The van der Waals surface area contributed by atoms with Gasteiger partial charge in [-0.3, -0.25) is 0 Å². The number of hydrogen-bond acceptors (Lipinski definition) is 1. The molecular weight excluding hydrogens is 425 g/mol. The quantitative estimate of drug-likeness (QED) is 0.407. The summed E-state index contributed by atoms with van der Waals surface area (Å²) >= 11 is 0. The molecule has 0 amide bonds. The molecule has 0 N–H and O–H groups in total. The van der Waals surface area contributed by atoms with Crippen LogP contribution in [0.5, 0.6) is 0 Å². The Morgan fingerprint density at radius 1 is 0.607 bits per heavy atom. The molecule has 3 rings (SSSR count). The molecule has 0 aliphatic heterocycles. The number of benzene rings is 3.